The van der Waals surface area contributed by atoms with Gasteiger partial charge in [0.15, 0.2) is 5.92 Å². The Morgan fingerprint density at radius 2 is 1.79 bits per heavy atom. The van der Waals surface area contributed by atoms with E-state index in [1.807, 2.05) is 0 Å². The van der Waals surface area contributed by atoms with Crippen LogP contribution in [0.3, 0.4) is 0 Å². The highest BCUT2D eigenvalue weighted by Crippen LogP contribution is 2.20. The van der Waals surface area contributed by atoms with E-state index in [0.29, 0.717) is 5.02 Å². The molecule has 0 amide bonds. The van der Waals surface area contributed by atoms with E-state index in [9.17, 15) is 9.59 Å². The summed E-state index contributed by atoms with van der Waals surface area (Å²) in [6.45, 7) is 0. The maximum atomic E-state index is 10.6. The van der Waals surface area contributed by atoms with Crippen molar-refractivity contribution < 1.29 is 19.8 Å². The van der Waals surface area contributed by atoms with Gasteiger partial charge < -0.3 is 10.2 Å². The molecular weight excluding hydrogens is 208 g/mol. The second-order valence-corrected chi connectivity index (χ2v) is 3.10. The molecule has 1 aromatic rings. The van der Waals surface area contributed by atoms with Crippen LogP contribution in [0.15, 0.2) is 24.3 Å². The van der Waals surface area contributed by atoms with Gasteiger partial charge in [0, 0.05) is 5.02 Å². The number of halogens is 1. The molecule has 0 aromatic heterocycles. The fraction of sp³-hybridized carbons (Fsp3) is 0.111. The number of hydrogen-bond acceptors (Lipinski definition) is 2. The lowest BCUT2D eigenvalue weighted by molar-refractivity contribution is -0.150. The first-order chi connectivity index (χ1) is 6.52. The fourth-order valence-corrected chi connectivity index (χ4v) is 1.28. The van der Waals surface area contributed by atoms with E-state index in [1.165, 1.54) is 18.2 Å². The number of carboxylic acid groups (broad SMARTS) is 2. The molecule has 0 radical (unpaired) electrons. The van der Waals surface area contributed by atoms with Crippen molar-refractivity contribution in [3.63, 3.8) is 0 Å². The van der Waals surface area contributed by atoms with E-state index in [0.717, 1.165) is 0 Å². The first kappa shape index (κ1) is 10.5. The van der Waals surface area contributed by atoms with Crippen LogP contribution in [0, 0.1) is 0 Å². The van der Waals surface area contributed by atoms with Gasteiger partial charge in [-0.15, -0.1) is 0 Å². The third-order valence-corrected chi connectivity index (χ3v) is 1.91. The van der Waals surface area contributed by atoms with Gasteiger partial charge in [0.2, 0.25) is 0 Å². The molecule has 0 saturated carbocycles. The zero-order valence-corrected chi connectivity index (χ0v) is 7.73. The first-order valence-electron chi connectivity index (χ1n) is 3.73. The minimum Gasteiger partial charge on any atom is -0.480 e. The summed E-state index contributed by atoms with van der Waals surface area (Å²) >= 11 is 5.61. The van der Waals surface area contributed by atoms with Gasteiger partial charge in [-0.05, 0) is 17.7 Å². The van der Waals surface area contributed by atoms with Crippen molar-refractivity contribution in [1.29, 1.82) is 0 Å². The van der Waals surface area contributed by atoms with Crippen molar-refractivity contribution in [2.75, 3.05) is 0 Å². The van der Waals surface area contributed by atoms with E-state index in [4.69, 9.17) is 21.8 Å². The summed E-state index contributed by atoms with van der Waals surface area (Å²) < 4.78 is 0. The predicted molar refractivity (Wildman–Crippen MR) is 49.5 cm³/mol. The monoisotopic (exact) mass is 214 g/mol. The van der Waals surface area contributed by atoms with Crippen LogP contribution in [0.25, 0.3) is 0 Å². The Bertz CT molecular complexity index is 361. The zero-order chi connectivity index (χ0) is 10.7. The molecule has 0 spiro atoms. The molecule has 0 fully saturated rings. The maximum Gasteiger partial charge on any atom is 0.322 e. The molecular formula is C9H7ClO4. The molecule has 0 bridgehead atoms. The second kappa shape index (κ2) is 4.11. The highest BCUT2D eigenvalue weighted by molar-refractivity contribution is 6.30. The molecule has 5 heteroatoms. The van der Waals surface area contributed by atoms with E-state index in [1.54, 1.807) is 6.07 Å². The van der Waals surface area contributed by atoms with Gasteiger partial charge in [0.25, 0.3) is 0 Å². The SMILES string of the molecule is O=C(O)C(C(=O)O)c1cccc(Cl)c1. The molecule has 0 aliphatic rings. The quantitative estimate of drug-likeness (QED) is 0.750. The Hall–Kier alpha value is -1.55. The number of rotatable bonds is 3. The van der Waals surface area contributed by atoms with Crippen LogP contribution in [-0.2, 0) is 9.59 Å². The van der Waals surface area contributed by atoms with Crippen LogP contribution in [0.5, 0.6) is 0 Å². The third kappa shape index (κ3) is 2.23. The van der Waals surface area contributed by atoms with E-state index < -0.39 is 17.9 Å². The molecule has 0 aliphatic heterocycles. The smallest absolute Gasteiger partial charge is 0.322 e. The van der Waals surface area contributed by atoms with E-state index in [-0.39, 0.29) is 5.56 Å². The molecule has 74 valence electrons. The number of hydrogen-bond donors (Lipinski definition) is 2. The molecule has 0 atom stereocenters. The van der Waals surface area contributed by atoms with Gasteiger partial charge in [0.1, 0.15) is 0 Å². The van der Waals surface area contributed by atoms with Gasteiger partial charge in [0.05, 0.1) is 0 Å². The Kier molecular flexibility index (Phi) is 3.09. The lowest BCUT2D eigenvalue weighted by Gasteiger charge is -2.07. The predicted octanol–water partition coefficient (Wildman–Crippen LogP) is 1.59. The van der Waals surface area contributed by atoms with Crippen molar-refractivity contribution >= 4 is 23.5 Å². The van der Waals surface area contributed by atoms with Crippen LogP contribution in [0.2, 0.25) is 5.02 Å². The average molecular weight is 215 g/mol. The summed E-state index contributed by atoms with van der Waals surface area (Å²) in [5.41, 5.74) is 0.164. The Balaban J connectivity index is 3.12. The lowest BCUT2D eigenvalue weighted by Crippen LogP contribution is -2.20. The number of benzene rings is 1. The van der Waals surface area contributed by atoms with Gasteiger partial charge in [-0.25, -0.2) is 0 Å². The zero-order valence-electron chi connectivity index (χ0n) is 6.98. The van der Waals surface area contributed by atoms with Crippen LogP contribution in [0.4, 0.5) is 0 Å². The van der Waals surface area contributed by atoms with Crippen molar-refractivity contribution in [1.82, 2.24) is 0 Å². The second-order valence-electron chi connectivity index (χ2n) is 2.66. The number of carbonyl (C=O) groups is 2. The van der Waals surface area contributed by atoms with Gasteiger partial charge >= 0.3 is 11.9 Å². The minimum absolute atomic E-state index is 0.164. The molecule has 0 unspecified atom stereocenters. The summed E-state index contributed by atoms with van der Waals surface area (Å²) in [5, 5.41) is 17.6. The van der Waals surface area contributed by atoms with Crippen molar-refractivity contribution in [3.8, 4) is 0 Å². The van der Waals surface area contributed by atoms with E-state index in [2.05, 4.69) is 0 Å². The maximum absolute atomic E-state index is 10.6. The van der Waals surface area contributed by atoms with E-state index >= 15 is 0 Å². The van der Waals surface area contributed by atoms with Gasteiger partial charge in [-0.3, -0.25) is 9.59 Å². The molecule has 1 rings (SSSR count). The van der Waals surface area contributed by atoms with Crippen LogP contribution < -0.4 is 0 Å². The molecule has 4 nitrogen and oxygen atoms in total. The standard InChI is InChI=1S/C9H7ClO4/c10-6-3-1-2-5(4-6)7(8(11)12)9(13)14/h1-4,7H,(H,11,12)(H,13,14). The largest absolute Gasteiger partial charge is 0.480 e. The van der Waals surface area contributed by atoms with Crippen LogP contribution in [-0.4, -0.2) is 22.2 Å². The number of carboxylic acids is 2. The molecule has 1 aromatic carbocycles. The normalized spacial score (nSPS) is 10.1. The molecule has 14 heavy (non-hydrogen) atoms. The summed E-state index contributed by atoms with van der Waals surface area (Å²) in [5.74, 6) is -4.37. The van der Waals surface area contributed by atoms with Gasteiger partial charge in [-0.2, -0.15) is 0 Å². The van der Waals surface area contributed by atoms with Crippen LogP contribution in [0.1, 0.15) is 11.5 Å². The molecule has 2 N–H and O–H groups in total. The first-order valence-corrected chi connectivity index (χ1v) is 4.11. The highest BCUT2D eigenvalue weighted by Gasteiger charge is 2.27. The van der Waals surface area contributed by atoms with Crippen LogP contribution >= 0.6 is 11.6 Å². The number of aliphatic carboxylic acids is 2. The molecule has 0 saturated heterocycles. The molecule has 0 heterocycles. The average Bonchev–Trinajstić information content (AvgIpc) is 2.02. The van der Waals surface area contributed by atoms with Gasteiger partial charge in [-0.1, -0.05) is 23.7 Å². The summed E-state index contributed by atoms with van der Waals surface area (Å²) in [6.07, 6.45) is 0. The Labute approximate surface area is 84.7 Å². The van der Waals surface area contributed by atoms with Crippen molar-refractivity contribution in [2.45, 2.75) is 5.92 Å². The molecule has 0 aliphatic carbocycles. The highest BCUT2D eigenvalue weighted by atomic mass is 35.5. The fourth-order valence-electron chi connectivity index (χ4n) is 1.08. The topological polar surface area (TPSA) is 74.6 Å². The summed E-state index contributed by atoms with van der Waals surface area (Å²) in [7, 11) is 0. The minimum atomic E-state index is -1.56. The summed E-state index contributed by atoms with van der Waals surface area (Å²) in [4.78, 5) is 21.3. The summed E-state index contributed by atoms with van der Waals surface area (Å²) in [6, 6.07) is 5.80. The van der Waals surface area contributed by atoms with Crippen molar-refractivity contribution in [3.05, 3.63) is 34.9 Å². The van der Waals surface area contributed by atoms with Crippen molar-refractivity contribution in [2.24, 2.45) is 0 Å². The lowest BCUT2D eigenvalue weighted by atomic mass is 10.00. The Morgan fingerprint density at radius 1 is 1.21 bits per heavy atom. The Morgan fingerprint density at radius 3 is 2.21 bits per heavy atom. The third-order valence-electron chi connectivity index (χ3n) is 1.68.